The lowest BCUT2D eigenvalue weighted by Crippen LogP contribution is -2.27. The van der Waals surface area contributed by atoms with Gasteiger partial charge >= 0.3 is 0 Å². The van der Waals surface area contributed by atoms with Gasteiger partial charge in [-0.3, -0.25) is 4.79 Å². The zero-order chi connectivity index (χ0) is 14.2. The highest BCUT2D eigenvalue weighted by molar-refractivity contribution is 6.05. The Balaban J connectivity index is 2.42. The number of amides is 1. The highest BCUT2D eigenvalue weighted by Gasteiger charge is 2.38. The molecule has 2 unspecified atom stereocenters. The van der Waals surface area contributed by atoms with Crippen molar-refractivity contribution in [3.8, 4) is 0 Å². The maximum atomic E-state index is 12.0. The fourth-order valence-corrected chi connectivity index (χ4v) is 2.80. The average Bonchev–Trinajstić information content (AvgIpc) is 2.61. The van der Waals surface area contributed by atoms with Crippen LogP contribution in [-0.2, 0) is 10.2 Å². The number of carbonyl (C=O) groups is 1. The first-order chi connectivity index (χ1) is 8.91. The van der Waals surface area contributed by atoms with E-state index in [2.05, 4.69) is 36.6 Å². The quantitative estimate of drug-likeness (QED) is 0.872. The van der Waals surface area contributed by atoms with E-state index < -0.39 is 5.41 Å². The Bertz CT molecular complexity index is 494. The van der Waals surface area contributed by atoms with Gasteiger partial charge in [0.25, 0.3) is 0 Å². The lowest BCUT2D eigenvalue weighted by atomic mass is 9.83. The molecule has 0 saturated heterocycles. The van der Waals surface area contributed by atoms with Crippen LogP contribution in [0.15, 0.2) is 18.2 Å². The molecule has 2 rings (SSSR count). The zero-order valence-corrected chi connectivity index (χ0v) is 12.5. The molecule has 19 heavy (non-hydrogen) atoms. The number of rotatable bonds is 4. The van der Waals surface area contributed by atoms with Crippen LogP contribution in [0.5, 0.6) is 0 Å². The molecule has 0 aromatic heterocycles. The lowest BCUT2D eigenvalue weighted by molar-refractivity contribution is -0.119. The van der Waals surface area contributed by atoms with Crippen LogP contribution in [0.2, 0.25) is 0 Å². The monoisotopic (exact) mass is 260 g/mol. The van der Waals surface area contributed by atoms with Gasteiger partial charge in [0, 0.05) is 11.7 Å². The van der Waals surface area contributed by atoms with Gasteiger partial charge in [0.15, 0.2) is 0 Å². The first-order valence-electron chi connectivity index (χ1n) is 7.05. The lowest BCUT2D eigenvalue weighted by Gasteiger charge is -2.24. The van der Waals surface area contributed by atoms with Crippen molar-refractivity contribution in [2.24, 2.45) is 5.92 Å². The molecule has 104 valence electrons. The minimum atomic E-state index is -0.431. The Kier molecular flexibility index (Phi) is 3.68. The topological polar surface area (TPSA) is 41.1 Å². The van der Waals surface area contributed by atoms with Gasteiger partial charge in [0.05, 0.1) is 5.41 Å². The van der Waals surface area contributed by atoms with Crippen molar-refractivity contribution in [3.05, 3.63) is 29.3 Å². The van der Waals surface area contributed by atoms with Gasteiger partial charge in [-0.2, -0.15) is 0 Å². The summed E-state index contributed by atoms with van der Waals surface area (Å²) in [6.07, 6.45) is 1.13. The van der Waals surface area contributed by atoms with Crippen LogP contribution < -0.4 is 10.6 Å². The Hall–Kier alpha value is -1.35. The molecule has 1 amide bonds. The van der Waals surface area contributed by atoms with Crippen LogP contribution in [0.4, 0.5) is 5.69 Å². The second-order valence-electron chi connectivity index (χ2n) is 6.04. The summed E-state index contributed by atoms with van der Waals surface area (Å²) in [5.41, 5.74) is 2.90. The van der Waals surface area contributed by atoms with Crippen molar-refractivity contribution in [2.45, 2.75) is 45.6 Å². The minimum Gasteiger partial charge on any atom is -0.325 e. The number of benzene rings is 1. The molecule has 1 heterocycles. The molecule has 3 heteroatoms. The predicted molar refractivity (Wildman–Crippen MR) is 79.4 cm³/mol. The van der Waals surface area contributed by atoms with E-state index in [1.165, 1.54) is 5.56 Å². The molecule has 0 fully saturated rings. The fourth-order valence-electron chi connectivity index (χ4n) is 2.80. The van der Waals surface area contributed by atoms with Crippen molar-refractivity contribution in [1.82, 2.24) is 5.32 Å². The van der Waals surface area contributed by atoms with E-state index in [-0.39, 0.29) is 5.91 Å². The molecular formula is C16H24N2O. The minimum absolute atomic E-state index is 0.0872. The third kappa shape index (κ3) is 2.27. The van der Waals surface area contributed by atoms with E-state index in [1.54, 1.807) is 0 Å². The summed E-state index contributed by atoms with van der Waals surface area (Å²) in [5.74, 6) is 0.653. The van der Waals surface area contributed by atoms with Gasteiger partial charge in [0.2, 0.25) is 5.91 Å². The van der Waals surface area contributed by atoms with E-state index in [4.69, 9.17) is 0 Å². The fraction of sp³-hybridized carbons (Fsp3) is 0.562. The zero-order valence-electron chi connectivity index (χ0n) is 12.5. The van der Waals surface area contributed by atoms with Gasteiger partial charge in [-0.1, -0.05) is 32.4 Å². The molecule has 0 saturated carbocycles. The molecule has 1 aliphatic rings. The molecule has 0 aliphatic carbocycles. The van der Waals surface area contributed by atoms with Crippen LogP contribution >= 0.6 is 0 Å². The summed E-state index contributed by atoms with van der Waals surface area (Å²) < 4.78 is 0. The smallest absolute Gasteiger partial charge is 0.234 e. The van der Waals surface area contributed by atoms with Crippen molar-refractivity contribution >= 4 is 11.6 Å². The Morgan fingerprint density at radius 1 is 1.37 bits per heavy atom. The van der Waals surface area contributed by atoms with Crippen LogP contribution in [0.3, 0.4) is 0 Å². The van der Waals surface area contributed by atoms with E-state index >= 15 is 0 Å². The number of anilines is 1. The van der Waals surface area contributed by atoms with Crippen LogP contribution in [0, 0.1) is 5.92 Å². The number of hydrogen-bond donors (Lipinski definition) is 2. The van der Waals surface area contributed by atoms with Crippen LogP contribution in [0.25, 0.3) is 0 Å². The summed E-state index contributed by atoms with van der Waals surface area (Å²) in [4.78, 5) is 12.0. The second kappa shape index (κ2) is 4.97. The third-order valence-electron chi connectivity index (χ3n) is 4.42. The van der Waals surface area contributed by atoms with Gasteiger partial charge in [0.1, 0.15) is 0 Å². The SMILES string of the molecule is CCC(C)C(NC)c1ccc2c(c1)C(C)(C)C(=O)N2. The van der Waals surface area contributed by atoms with Crippen molar-refractivity contribution < 1.29 is 4.79 Å². The molecule has 2 N–H and O–H groups in total. The molecule has 0 bridgehead atoms. The molecule has 2 atom stereocenters. The summed E-state index contributed by atoms with van der Waals surface area (Å²) in [7, 11) is 2.00. The third-order valence-corrected chi connectivity index (χ3v) is 4.42. The van der Waals surface area contributed by atoms with Gasteiger partial charge in [-0.25, -0.2) is 0 Å². The Morgan fingerprint density at radius 2 is 2.05 bits per heavy atom. The number of fused-ring (bicyclic) bond motifs is 1. The average molecular weight is 260 g/mol. The predicted octanol–water partition coefficient (Wildman–Crippen LogP) is 3.22. The maximum absolute atomic E-state index is 12.0. The van der Waals surface area contributed by atoms with E-state index in [0.717, 1.165) is 17.7 Å². The Morgan fingerprint density at radius 3 is 2.63 bits per heavy atom. The van der Waals surface area contributed by atoms with E-state index in [0.29, 0.717) is 12.0 Å². The van der Waals surface area contributed by atoms with Crippen LogP contribution in [-0.4, -0.2) is 13.0 Å². The molecule has 3 nitrogen and oxygen atoms in total. The highest BCUT2D eigenvalue weighted by Crippen LogP contribution is 2.39. The number of hydrogen-bond acceptors (Lipinski definition) is 2. The molecular weight excluding hydrogens is 236 g/mol. The van der Waals surface area contributed by atoms with Crippen molar-refractivity contribution in [3.63, 3.8) is 0 Å². The largest absolute Gasteiger partial charge is 0.325 e. The number of carbonyl (C=O) groups excluding carboxylic acids is 1. The van der Waals surface area contributed by atoms with E-state index in [9.17, 15) is 4.79 Å². The standard InChI is InChI=1S/C16H24N2O/c1-6-10(2)14(17-5)11-7-8-13-12(9-11)16(3,4)15(19)18-13/h7-10,14,17H,6H2,1-5H3,(H,18,19). The molecule has 1 aromatic rings. The molecule has 0 spiro atoms. The molecule has 1 aliphatic heterocycles. The maximum Gasteiger partial charge on any atom is 0.234 e. The van der Waals surface area contributed by atoms with Gasteiger partial charge in [-0.15, -0.1) is 0 Å². The normalized spacial score (nSPS) is 19.7. The Labute approximate surface area is 115 Å². The summed E-state index contributed by atoms with van der Waals surface area (Å²) in [6, 6.07) is 6.67. The van der Waals surface area contributed by atoms with Crippen molar-refractivity contribution in [2.75, 3.05) is 12.4 Å². The highest BCUT2D eigenvalue weighted by atomic mass is 16.2. The van der Waals surface area contributed by atoms with Gasteiger partial charge < -0.3 is 10.6 Å². The van der Waals surface area contributed by atoms with Crippen LogP contribution in [0.1, 0.15) is 51.3 Å². The second-order valence-corrected chi connectivity index (χ2v) is 6.04. The number of nitrogens with one attached hydrogen (secondary N) is 2. The summed E-state index contributed by atoms with van der Waals surface area (Å²) >= 11 is 0. The van der Waals surface area contributed by atoms with E-state index in [1.807, 2.05) is 27.0 Å². The van der Waals surface area contributed by atoms with Crippen molar-refractivity contribution in [1.29, 1.82) is 0 Å². The molecule has 0 radical (unpaired) electrons. The first kappa shape index (κ1) is 14.1. The molecule has 1 aromatic carbocycles. The summed E-state index contributed by atoms with van der Waals surface area (Å²) in [5, 5.41) is 6.35. The van der Waals surface area contributed by atoms with Gasteiger partial charge in [-0.05, 0) is 44.0 Å². The summed E-state index contributed by atoms with van der Waals surface area (Å²) in [6.45, 7) is 8.42. The first-order valence-corrected chi connectivity index (χ1v) is 7.05.